The number of imidazole rings is 1. The molecule has 0 amide bonds. The van der Waals surface area contributed by atoms with Gasteiger partial charge in [0.15, 0.2) is 5.76 Å². The number of hydrogen-bond donors (Lipinski definition) is 3. The van der Waals surface area contributed by atoms with Gasteiger partial charge in [-0.05, 0) is 72.8 Å². The zero-order valence-corrected chi connectivity index (χ0v) is 18.3. The van der Waals surface area contributed by atoms with E-state index in [0.717, 1.165) is 58.4 Å². The van der Waals surface area contributed by atoms with Crippen molar-refractivity contribution in [2.24, 2.45) is 15.4 Å². The second-order valence-electron chi connectivity index (χ2n) is 8.34. The molecule has 2 aromatic rings. The summed E-state index contributed by atoms with van der Waals surface area (Å²) in [5, 5.41) is 13.1. The van der Waals surface area contributed by atoms with Gasteiger partial charge in [-0.1, -0.05) is 6.08 Å². The lowest BCUT2D eigenvalue weighted by molar-refractivity contribution is 0.0368. The highest BCUT2D eigenvalue weighted by molar-refractivity contribution is 9.11. The zero-order chi connectivity index (χ0) is 20.7. The molecule has 1 aromatic heterocycles. The Balaban J connectivity index is 1.40. The zero-order valence-electron chi connectivity index (χ0n) is 16.7. The third-order valence-corrected chi connectivity index (χ3v) is 6.57. The van der Waals surface area contributed by atoms with E-state index >= 15 is 0 Å². The summed E-state index contributed by atoms with van der Waals surface area (Å²) in [6.45, 7) is 2.72. The summed E-state index contributed by atoms with van der Waals surface area (Å²) in [5.41, 5.74) is 3.35. The number of guanidine groups is 1. The van der Waals surface area contributed by atoms with E-state index in [4.69, 9.17) is 9.73 Å². The summed E-state index contributed by atoms with van der Waals surface area (Å²) in [7, 11) is 0. The minimum atomic E-state index is -0.306. The van der Waals surface area contributed by atoms with Gasteiger partial charge in [-0.3, -0.25) is 0 Å². The summed E-state index contributed by atoms with van der Waals surface area (Å²) in [5.74, 6) is 1.34. The number of aromatic nitrogens is 2. The van der Waals surface area contributed by atoms with E-state index in [9.17, 15) is 5.11 Å². The number of aliphatic hydroxyl groups excluding tert-OH is 1. The van der Waals surface area contributed by atoms with Crippen molar-refractivity contribution in [1.82, 2.24) is 9.97 Å². The molecular formula is C22H24BrN5O2. The van der Waals surface area contributed by atoms with Crippen LogP contribution in [0.3, 0.4) is 0 Å². The molecule has 0 bridgehead atoms. The Morgan fingerprint density at radius 3 is 2.93 bits per heavy atom. The largest absolute Gasteiger partial charge is 0.487 e. The Bertz CT molecular complexity index is 1090. The number of benzene rings is 1. The fourth-order valence-electron chi connectivity index (χ4n) is 4.12. The average Bonchev–Trinajstić information content (AvgIpc) is 3.21. The minimum Gasteiger partial charge on any atom is -0.487 e. The number of fused-ring (bicyclic) bond motifs is 2. The number of aliphatic hydroxyl groups is 1. The molecule has 1 aromatic carbocycles. The van der Waals surface area contributed by atoms with E-state index in [2.05, 4.69) is 49.2 Å². The first-order valence-corrected chi connectivity index (χ1v) is 11.1. The molecule has 2 aliphatic carbocycles. The molecule has 156 valence electrons. The second-order valence-corrected chi connectivity index (χ2v) is 9.19. The number of rotatable bonds is 3. The highest BCUT2D eigenvalue weighted by Gasteiger charge is 2.39. The highest BCUT2D eigenvalue weighted by Crippen LogP contribution is 2.38. The number of aliphatic imine (C=N–C) groups is 2. The van der Waals surface area contributed by atoms with E-state index in [0.29, 0.717) is 12.5 Å². The Hall–Kier alpha value is -2.45. The van der Waals surface area contributed by atoms with E-state index in [1.54, 1.807) is 6.33 Å². The van der Waals surface area contributed by atoms with Crippen LogP contribution in [-0.4, -0.2) is 45.5 Å². The quantitative estimate of drug-likeness (QED) is 0.624. The first-order chi connectivity index (χ1) is 14.5. The first-order valence-electron chi connectivity index (χ1n) is 10.3. The molecule has 0 radical (unpaired) electrons. The van der Waals surface area contributed by atoms with Crippen molar-refractivity contribution >= 4 is 44.3 Å². The molecule has 0 spiro atoms. The number of hydrogen-bond acceptors (Lipinski definition) is 6. The molecule has 30 heavy (non-hydrogen) atoms. The van der Waals surface area contributed by atoms with Crippen LogP contribution in [0.1, 0.15) is 32.6 Å². The number of aromatic amines is 1. The van der Waals surface area contributed by atoms with Crippen molar-refractivity contribution in [3.8, 4) is 0 Å². The lowest BCUT2D eigenvalue weighted by Gasteiger charge is -2.36. The van der Waals surface area contributed by atoms with Crippen molar-refractivity contribution in [3.05, 3.63) is 46.9 Å². The predicted octanol–water partition coefficient (Wildman–Crippen LogP) is 4.29. The summed E-state index contributed by atoms with van der Waals surface area (Å²) >= 11 is 3.66. The van der Waals surface area contributed by atoms with Crippen LogP contribution in [-0.2, 0) is 4.74 Å². The number of nitrogens with one attached hydrogen (secondary N) is 2. The molecule has 1 fully saturated rings. The van der Waals surface area contributed by atoms with Gasteiger partial charge in [-0.25, -0.2) is 15.0 Å². The summed E-state index contributed by atoms with van der Waals surface area (Å²) in [6.07, 6.45) is 8.98. The van der Waals surface area contributed by atoms with Gasteiger partial charge in [-0.2, -0.15) is 0 Å². The molecule has 5 rings (SSSR count). The van der Waals surface area contributed by atoms with Crippen molar-refractivity contribution in [3.63, 3.8) is 0 Å². The topological polar surface area (TPSA) is 94.9 Å². The maximum absolute atomic E-state index is 9.80. The number of anilines is 1. The van der Waals surface area contributed by atoms with Gasteiger partial charge < -0.3 is 20.1 Å². The van der Waals surface area contributed by atoms with E-state index < -0.39 is 0 Å². The Morgan fingerprint density at radius 2 is 2.10 bits per heavy atom. The molecule has 1 saturated carbocycles. The van der Waals surface area contributed by atoms with Crippen LogP contribution >= 0.6 is 15.9 Å². The van der Waals surface area contributed by atoms with Crippen molar-refractivity contribution in [2.75, 3.05) is 11.9 Å². The number of halogens is 1. The lowest BCUT2D eigenvalue weighted by atomic mass is 9.80. The van der Waals surface area contributed by atoms with Gasteiger partial charge in [0.25, 0.3) is 0 Å². The molecule has 3 N–H and O–H groups in total. The van der Waals surface area contributed by atoms with E-state index in [-0.39, 0.29) is 17.6 Å². The molecule has 1 atom stereocenters. The van der Waals surface area contributed by atoms with Gasteiger partial charge in [0, 0.05) is 5.69 Å². The minimum absolute atomic E-state index is 0.0902. The third-order valence-electron chi connectivity index (χ3n) is 5.95. The summed E-state index contributed by atoms with van der Waals surface area (Å²) in [4.78, 5) is 16.9. The maximum Gasteiger partial charge on any atom is 0.222 e. The monoisotopic (exact) mass is 469 g/mol. The third kappa shape index (κ3) is 3.70. The Kier molecular flexibility index (Phi) is 4.99. The standard InChI is InChI=1S/C22H24BrN5O2/c1-22-9-8-16(23)19(30-15-5-3-14(29)4-6-15)20(22)28-21(24-11-22)27-13-2-7-17-18(10-13)26-12-25-17/h2,7-10,12,14-15,29H,3-6,11H2,1H3,(H,24,27)(H,25,26)/t14-,15+,22?. The van der Waals surface area contributed by atoms with Gasteiger partial charge in [0.1, 0.15) is 0 Å². The average molecular weight is 470 g/mol. The van der Waals surface area contributed by atoms with Crippen LogP contribution in [0, 0.1) is 5.41 Å². The molecule has 2 heterocycles. The van der Waals surface area contributed by atoms with Gasteiger partial charge in [0.05, 0.1) is 51.7 Å². The number of nitrogens with zero attached hydrogens (tertiary/aromatic N) is 3. The van der Waals surface area contributed by atoms with Crippen LogP contribution < -0.4 is 5.32 Å². The SMILES string of the molecule is CC12C=CC(Br)=C(O[C@H]3CC[C@@H](O)CC3)C1=NC(Nc1ccc3nc[nH]c3c1)=NC2. The van der Waals surface area contributed by atoms with Crippen LogP contribution in [0.4, 0.5) is 5.69 Å². The molecule has 1 unspecified atom stereocenters. The predicted molar refractivity (Wildman–Crippen MR) is 122 cm³/mol. The fourth-order valence-corrected chi connectivity index (χ4v) is 4.54. The van der Waals surface area contributed by atoms with Gasteiger partial charge >= 0.3 is 0 Å². The van der Waals surface area contributed by atoms with Crippen LogP contribution in [0.15, 0.2) is 56.9 Å². The number of ether oxygens (including phenoxy) is 1. The first kappa shape index (κ1) is 19.5. The number of allylic oxidation sites excluding steroid dienone is 3. The van der Waals surface area contributed by atoms with E-state index in [1.807, 2.05) is 24.3 Å². The highest BCUT2D eigenvalue weighted by atomic mass is 79.9. The van der Waals surface area contributed by atoms with Crippen molar-refractivity contribution in [2.45, 2.75) is 44.8 Å². The van der Waals surface area contributed by atoms with Crippen LogP contribution in [0.2, 0.25) is 0 Å². The fraction of sp³-hybridized carbons (Fsp3) is 0.409. The molecular weight excluding hydrogens is 446 g/mol. The summed E-state index contributed by atoms with van der Waals surface area (Å²) in [6, 6.07) is 5.92. The second kappa shape index (κ2) is 7.67. The smallest absolute Gasteiger partial charge is 0.222 e. The lowest BCUT2D eigenvalue weighted by Crippen LogP contribution is -2.39. The van der Waals surface area contributed by atoms with E-state index in [1.165, 1.54) is 0 Å². The van der Waals surface area contributed by atoms with Crippen molar-refractivity contribution < 1.29 is 9.84 Å². The molecule has 1 aliphatic heterocycles. The van der Waals surface area contributed by atoms with Crippen LogP contribution in [0.5, 0.6) is 0 Å². The molecule has 8 heteroatoms. The Morgan fingerprint density at radius 1 is 1.27 bits per heavy atom. The maximum atomic E-state index is 9.80. The van der Waals surface area contributed by atoms with Crippen molar-refractivity contribution in [1.29, 1.82) is 0 Å². The van der Waals surface area contributed by atoms with Gasteiger partial charge in [0.2, 0.25) is 5.96 Å². The molecule has 3 aliphatic rings. The Labute approximate surface area is 183 Å². The summed E-state index contributed by atoms with van der Waals surface area (Å²) < 4.78 is 7.31. The molecule has 0 saturated heterocycles. The van der Waals surface area contributed by atoms with Gasteiger partial charge in [-0.15, -0.1) is 0 Å². The number of H-pyrrole nitrogens is 1. The normalized spacial score (nSPS) is 28.8. The molecule has 7 nitrogen and oxygen atoms in total. The van der Waals surface area contributed by atoms with Crippen LogP contribution in [0.25, 0.3) is 11.0 Å².